The lowest BCUT2D eigenvalue weighted by molar-refractivity contribution is 0.278. The van der Waals surface area contributed by atoms with E-state index in [9.17, 15) is 8.78 Å². The number of nitrogens with zero attached hydrogens (tertiary/aromatic N) is 2. The van der Waals surface area contributed by atoms with Crippen molar-refractivity contribution in [2.24, 2.45) is 4.99 Å². The van der Waals surface area contributed by atoms with Gasteiger partial charge < -0.3 is 15.5 Å². The first kappa shape index (κ1) is 17.4. The highest BCUT2D eigenvalue weighted by Gasteiger charge is 2.06. The molecule has 4 nitrogen and oxygen atoms in total. The van der Waals surface area contributed by atoms with Gasteiger partial charge in [0, 0.05) is 38.3 Å². The maximum Gasteiger partial charge on any atom is 0.191 e. The highest BCUT2D eigenvalue weighted by molar-refractivity contribution is 5.79. The van der Waals surface area contributed by atoms with Gasteiger partial charge in [0.2, 0.25) is 0 Å². The van der Waals surface area contributed by atoms with Gasteiger partial charge in [-0.05, 0) is 39.1 Å². The molecule has 1 aromatic rings. The van der Waals surface area contributed by atoms with Crippen molar-refractivity contribution in [2.45, 2.75) is 26.4 Å². The molecular weight excluding hydrogens is 274 g/mol. The molecule has 0 saturated carbocycles. The van der Waals surface area contributed by atoms with Gasteiger partial charge in [-0.15, -0.1) is 0 Å². The number of guanidine groups is 1. The first-order valence-corrected chi connectivity index (χ1v) is 7.02. The minimum Gasteiger partial charge on any atom is -0.355 e. The fraction of sp³-hybridized carbons (Fsp3) is 0.533. The third kappa shape index (κ3) is 6.08. The van der Waals surface area contributed by atoms with Crippen LogP contribution in [0.15, 0.2) is 23.2 Å². The largest absolute Gasteiger partial charge is 0.355 e. The van der Waals surface area contributed by atoms with Gasteiger partial charge in [-0.1, -0.05) is 0 Å². The quantitative estimate of drug-likeness (QED) is 0.623. The average molecular weight is 298 g/mol. The fourth-order valence-electron chi connectivity index (χ4n) is 1.69. The molecule has 0 radical (unpaired) electrons. The van der Waals surface area contributed by atoms with Crippen molar-refractivity contribution >= 4 is 5.96 Å². The van der Waals surface area contributed by atoms with Gasteiger partial charge in [0.05, 0.1) is 0 Å². The molecule has 0 heterocycles. The number of aliphatic imine (C=N–C) groups is 1. The predicted molar refractivity (Wildman–Crippen MR) is 82.3 cm³/mol. The summed E-state index contributed by atoms with van der Waals surface area (Å²) in [5.41, 5.74) is 0.275. The lowest BCUT2D eigenvalue weighted by atomic mass is 10.2. The van der Waals surface area contributed by atoms with E-state index in [4.69, 9.17) is 0 Å². The number of nitrogens with one attached hydrogen (secondary N) is 2. The van der Waals surface area contributed by atoms with Gasteiger partial charge >= 0.3 is 0 Å². The van der Waals surface area contributed by atoms with E-state index in [0.717, 1.165) is 25.2 Å². The van der Waals surface area contributed by atoms with Crippen LogP contribution in [0.5, 0.6) is 0 Å². The molecule has 0 saturated heterocycles. The molecule has 0 bridgehead atoms. The zero-order chi connectivity index (χ0) is 15.8. The van der Waals surface area contributed by atoms with Crippen LogP contribution in [0.3, 0.4) is 0 Å². The van der Waals surface area contributed by atoms with Crippen LogP contribution in [-0.4, -0.2) is 44.1 Å². The Balaban J connectivity index is 2.43. The maximum absolute atomic E-state index is 13.5. The van der Waals surface area contributed by atoms with Gasteiger partial charge in [-0.2, -0.15) is 0 Å². The molecule has 0 unspecified atom stereocenters. The highest BCUT2D eigenvalue weighted by Crippen LogP contribution is 2.08. The molecule has 0 aliphatic heterocycles. The van der Waals surface area contributed by atoms with Crippen molar-refractivity contribution in [1.82, 2.24) is 15.5 Å². The molecule has 0 atom stereocenters. The normalized spacial score (nSPS) is 12.1. The summed E-state index contributed by atoms with van der Waals surface area (Å²) in [6, 6.07) is 3.89. The summed E-state index contributed by atoms with van der Waals surface area (Å²) in [5.74, 6) is -0.315. The zero-order valence-corrected chi connectivity index (χ0v) is 13.1. The summed E-state index contributed by atoms with van der Waals surface area (Å²) >= 11 is 0. The van der Waals surface area contributed by atoms with Crippen LogP contribution >= 0.6 is 0 Å². The Kier molecular flexibility index (Phi) is 7.08. The van der Waals surface area contributed by atoms with Crippen molar-refractivity contribution < 1.29 is 8.78 Å². The summed E-state index contributed by atoms with van der Waals surface area (Å²) in [6.45, 7) is 6.02. The minimum absolute atomic E-state index is 0.184. The van der Waals surface area contributed by atoms with Crippen molar-refractivity contribution in [2.75, 3.05) is 27.2 Å². The Labute approximate surface area is 125 Å². The first-order valence-electron chi connectivity index (χ1n) is 7.02. The second-order valence-corrected chi connectivity index (χ2v) is 5.16. The van der Waals surface area contributed by atoms with E-state index in [1.54, 1.807) is 7.05 Å². The highest BCUT2D eigenvalue weighted by atomic mass is 19.1. The van der Waals surface area contributed by atoms with Gasteiger partial charge in [-0.3, -0.25) is 4.99 Å². The van der Waals surface area contributed by atoms with Crippen LogP contribution < -0.4 is 10.6 Å². The van der Waals surface area contributed by atoms with E-state index in [-0.39, 0.29) is 12.1 Å². The summed E-state index contributed by atoms with van der Waals surface area (Å²) in [4.78, 5) is 6.26. The molecular formula is C15H24F2N4. The van der Waals surface area contributed by atoms with Crippen LogP contribution in [-0.2, 0) is 6.54 Å². The van der Waals surface area contributed by atoms with Gasteiger partial charge in [-0.25, -0.2) is 8.78 Å². The Morgan fingerprint density at radius 2 is 2.00 bits per heavy atom. The van der Waals surface area contributed by atoms with Crippen LogP contribution in [0, 0.1) is 11.6 Å². The SMILES string of the molecule is CN=C(NCCN(C)C(C)C)NCc1cc(F)ccc1F. The van der Waals surface area contributed by atoms with E-state index in [0.29, 0.717) is 12.0 Å². The molecule has 6 heteroatoms. The molecule has 0 aromatic heterocycles. The lowest BCUT2D eigenvalue weighted by Crippen LogP contribution is -2.41. The van der Waals surface area contributed by atoms with Crippen LogP contribution in [0.2, 0.25) is 0 Å². The summed E-state index contributed by atoms with van der Waals surface area (Å²) < 4.78 is 26.6. The number of hydrogen-bond donors (Lipinski definition) is 2. The Hall–Kier alpha value is -1.69. The number of hydrogen-bond acceptors (Lipinski definition) is 2. The van der Waals surface area contributed by atoms with Crippen molar-refractivity contribution in [3.8, 4) is 0 Å². The second kappa shape index (κ2) is 8.56. The third-order valence-corrected chi connectivity index (χ3v) is 3.32. The average Bonchev–Trinajstić information content (AvgIpc) is 2.45. The van der Waals surface area contributed by atoms with Gasteiger partial charge in [0.25, 0.3) is 0 Å². The maximum atomic E-state index is 13.5. The predicted octanol–water partition coefficient (Wildman–Crippen LogP) is 1.97. The summed E-state index contributed by atoms with van der Waals surface area (Å²) in [7, 11) is 3.69. The molecule has 0 aliphatic carbocycles. The molecule has 1 rings (SSSR count). The van der Waals surface area contributed by atoms with E-state index in [2.05, 4.69) is 34.4 Å². The zero-order valence-electron chi connectivity index (χ0n) is 13.1. The monoisotopic (exact) mass is 298 g/mol. The van der Waals surface area contributed by atoms with Crippen LogP contribution in [0.4, 0.5) is 8.78 Å². The number of benzene rings is 1. The molecule has 2 N–H and O–H groups in total. The summed E-state index contributed by atoms with van der Waals surface area (Å²) in [6.07, 6.45) is 0. The fourth-order valence-corrected chi connectivity index (χ4v) is 1.69. The Morgan fingerprint density at radius 1 is 1.29 bits per heavy atom. The van der Waals surface area contributed by atoms with Crippen LogP contribution in [0.1, 0.15) is 19.4 Å². The summed E-state index contributed by atoms with van der Waals surface area (Å²) in [5, 5.41) is 6.11. The lowest BCUT2D eigenvalue weighted by Gasteiger charge is -2.21. The van der Waals surface area contributed by atoms with Crippen molar-refractivity contribution in [3.05, 3.63) is 35.4 Å². The first-order chi connectivity index (χ1) is 9.93. The van der Waals surface area contributed by atoms with Gasteiger partial charge in [0.15, 0.2) is 5.96 Å². The van der Waals surface area contributed by atoms with E-state index < -0.39 is 11.6 Å². The van der Waals surface area contributed by atoms with E-state index >= 15 is 0 Å². The molecule has 1 aromatic carbocycles. The van der Waals surface area contributed by atoms with E-state index in [1.165, 1.54) is 6.07 Å². The van der Waals surface area contributed by atoms with E-state index in [1.807, 2.05) is 7.05 Å². The van der Waals surface area contributed by atoms with Crippen molar-refractivity contribution in [3.63, 3.8) is 0 Å². The standard InChI is InChI=1S/C15H24F2N4/c1-11(2)21(4)8-7-19-15(18-3)20-10-12-9-13(16)5-6-14(12)17/h5-6,9,11H,7-8,10H2,1-4H3,(H2,18,19,20). The number of rotatable bonds is 6. The van der Waals surface area contributed by atoms with Crippen molar-refractivity contribution in [1.29, 1.82) is 0 Å². The number of halogens is 2. The second-order valence-electron chi connectivity index (χ2n) is 5.16. The molecule has 0 spiro atoms. The van der Waals surface area contributed by atoms with Gasteiger partial charge in [0.1, 0.15) is 11.6 Å². The van der Waals surface area contributed by atoms with Crippen LogP contribution in [0.25, 0.3) is 0 Å². The Morgan fingerprint density at radius 3 is 2.62 bits per heavy atom. The Bertz CT molecular complexity index is 475. The minimum atomic E-state index is -0.449. The smallest absolute Gasteiger partial charge is 0.191 e. The topological polar surface area (TPSA) is 39.7 Å². The number of likely N-dealkylation sites (N-methyl/N-ethyl adjacent to an activating group) is 1. The molecule has 21 heavy (non-hydrogen) atoms. The molecule has 0 aliphatic rings. The molecule has 118 valence electrons. The molecule has 0 amide bonds. The third-order valence-electron chi connectivity index (χ3n) is 3.32. The molecule has 0 fully saturated rings.